The molecule has 0 aliphatic heterocycles. The fourth-order valence-corrected chi connectivity index (χ4v) is 3.59. The molecule has 0 aromatic heterocycles. The Balaban J connectivity index is 1.55. The quantitative estimate of drug-likeness (QED) is 0.368. The molecular formula is C31H35N3O6. The molecule has 40 heavy (non-hydrogen) atoms. The largest absolute Gasteiger partial charge is 0.467 e. The first-order valence-corrected chi connectivity index (χ1v) is 13.0. The second-order valence-corrected chi connectivity index (χ2v) is 10.3. The predicted octanol–water partition coefficient (Wildman–Crippen LogP) is 3.54. The van der Waals surface area contributed by atoms with E-state index in [1.807, 2.05) is 36.4 Å². The molecule has 3 rings (SSSR count). The van der Waals surface area contributed by atoms with Gasteiger partial charge in [-0.3, -0.25) is 14.5 Å². The van der Waals surface area contributed by atoms with Crippen molar-refractivity contribution in [1.29, 1.82) is 0 Å². The van der Waals surface area contributed by atoms with E-state index in [4.69, 9.17) is 9.47 Å². The first-order valence-electron chi connectivity index (χ1n) is 13.0. The van der Waals surface area contributed by atoms with Crippen LogP contribution in [-0.2, 0) is 19.1 Å². The minimum absolute atomic E-state index is 0.0516. The molecule has 3 amide bonds. The van der Waals surface area contributed by atoms with Crippen LogP contribution in [0.5, 0.6) is 0 Å². The van der Waals surface area contributed by atoms with Gasteiger partial charge in [0.15, 0.2) is 0 Å². The lowest BCUT2D eigenvalue weighted by atomic mass is 10.1. The Morgan fingerprint density at radius 2 is 1.73 bits per heavy atom. The van der Waals surface area contributed by atoms with E-state index < -0.39 is 35.5 Å². The number of esters is 1. The molecule has 0 heterocycles. The lowest BCUT2D eigenvalue weighted by Gasteiger charge is -2.27. The number of hydrogen-bond acceptors (Lipinski definition) is 6. The average molecular weight is 546 g/mol. The third-order valence-corrected chi connectivity index (χ3v) is 5.75. The van der Waals surface area contributed by atoms with Crippen LogP contribution in [0.25, 0.3) is 6.08 Å². The molecule has 1 fully saturated rings. The molecule has 0 spiro atoms. The third-order valence-electron chi connectivity index (χ3n) is 5.75. The molecule has 1 atom stereocenters. The van der Waals surface area contributed by atoms with Crippen molar-refractivity contribution in [3.05, 3.63) is 77.4 Å². The van der Waals surface area contributed by atoms with Crippen LogP contribution in [0.2, 0.25) is 0 Å². The van der Waals surface area contributed by atoms with Crippen molar-refractivity contribution in [1.82, 2.24) is 15.5 Å². The van der Waals surface area contributed by atoms with Crippen LogP contribution in [0, 0.1) is 11.8 Å². The second kappa shape index (κ2) is 14.0. The van der Waals surface area contributed by atoms with Gasteiger partial charge in [-0.25, -0.2) is 9.59 Å². The van der Waals surface area contributed by atoms with Gasteiger partial charge in [-0.1, -0.05) is 42.2 Å². The van der Waals surface area contributed by atoms with Crippen LogP contribution in [0.15, 0.2) is 60.7 Å². The minimum atomic E-state index is -1.13. The summed E-state index contributed by atoms with van der Waals surface area (Å²) in [6.45, 7) is 4.84. The van der Waals surface area contributed by atoms with Gasteiger partial charge in [0, 0.05) is 23.7 Å². The van der Waals surface area contributed by atoms with Gasteiger partial charge in [0.25, 0.3) is 5.91 Å². The number of methoxy groups -OCH3 is 1. The van der Waals surface area contributed by atoms with Crippen molar-refractivity contribution < 1.29 is 28.7 Å². The van der Waals surface area contributed by atoms with E-state index in [-0.39, 0.29) is 19.1 Å². The van der Waals surface area contributed by atoms with Crippen LogP contribution in [0.1, 0.15) is 55.1 Å². The van der Waals surface area contributed by atoms with E-state index in [1.54, 1.807) is 51.1 Å². The number of carbonyl (C=O) groups excluding carboxylic acids is 4. The highest BCUT2D eigenvalue weighted by atomic mass is 16.6. The van der Waals surface area contributed by atoms with Gasteiger partial charge in [-0.15, -0.1) is 0 Å². The van der Waals surface area contributed by atoms with Gasteiger partial charge in [0.05, 0.1) is 7.11 Å². The van der Waals surface area contributed by atoms with Crippen LogP contribution in [0.3, 0.4) is 0 Å². The molecule has 210 valence electrons. The number of carbonyl (C=O) groups is 4. The molecule has 9 nitrogen and oxygen atoms in total. The summed E-state index contributed by atoms with van der Waals surface area (Å²) in [5, 5.41) is 5.20. The fourth-order valence-electron chi connectivity index (χ4n) is 3.59. The molecule has 2 aromatic rings. The number of allylic oxidation sites excluding steroid dienone is 1. The number of rotatable bonds is 9. The Kier molecular flexibility index (Phi) is 10.5. The van der Waals surface area contributed by atoms with E-state index in [0.29, 0.717) is 5.56 Å². The molecule has 0 radical (unpaired) electrons. The lowest BCUT2D eigenvalue weighted by molar-refractivity contribution is -0.142. The maximum atomic E-state index is 12.8. The molecule has 1 aliphatic carbocycles. The summed E-state index contributed by atoms with van der Waals surface area (Å²) >= 11 is 0. The topological polar surface area (TPSA) is 114 Å². The number of benzene rings is 2. The van der Waals surface area contributed by atoms with Crippen LogP contribution in [-0.4, -0.2) is 66.7 Å². The molecule has 2 N–H and O–H groups in total. The van der Waals surface area contributed by atoms with Crippen molar-refractivity contribution in [2.24, 2.45) is 0 Å². The smallest absolute Gasteiger partial charge is 0.411 e. The van der Waals surface area contributed by atoms with Crippen LogP contribution < -0.4 is 10.6 Å². The number of hydrogen-bond donors (Lipinski definition) is 2. The predicted molar refractivity (Wildman–Crippen MR) is 151 cm³/mol. The standard InChI is InChI=1S/C31H35N3O6/c1-31(2,3)40-30(38)34(25-18-19-25)21-27(35)32-20-26(29(37)39-4)33-28(36)24-16-14-23(15-17-24)13-9-8-12-22-10-6-5-7-11-22/h5-8,10-12,14-17,25-26H,18-21H2,1-4H3,(H,32,35)(H,33,36)/t26-/m0/s1. The van der Waals surface area contributed by atoms with E-state index in [2.05, 4.69) is 22.5 Å². The van der Waals surface area contributed by atoms with Gasteiger partial charge in [0.2, 0.25) is 5.91 Å². The zero-order chi connectivity index (χ0) is 29.1. The molecular weight excluding hydrogens is 510 g/mol. The van der Waals surface area contributed by atoms with Gasteiger partial charge < -0.3 is 20.1 Å². The Bertz CT molecular complexity index is 1280. The van der Waals surface area contributed by atoms with E-state index in [0.717, 1.165) is 24.0 Å². The maximum Gasteiger partial charge on any atom is 0.411 e. The van der Waals surface area contributed by atoms with Gasteiger partial charge in [-0.2, -0.15) is 0 Å². The maximum absolute atomic E-state index is 12.8. The summed E-state index contributed by atoms with van der Waals surface area (Å²) in [6, 6.07) is 15.2. The molecule has 0 bridgehead atoms. The van der Waals surface area contributed by atoms with Gasteiger partial charge in [0.1, 0.15) is 18.2 Å². The first-order chi connectivity index (χ1) is 19.1. The van der Waals surface area contributed by atoms with E-state index in [1.165, 1.54) is 12.0 Å². The second-order valence-electron chi connectivity index (χ2n) is 10.3. The zero-order valence-corrected chi connectivity index (χ0v) is 23.2. The van der Waals surface area contributed by atoms with E-state index in [9.17, 15) is 19.2 Å². The summed E-state index contributed by atoms with van der Waals surface area (Å²) in [5.74, 6) is 4.25. The van der Waals surface area contributed by atoms with Crippen LogP contribution in [0.4, 0.5) is 4.79 Å². The van der Waals surface area contributed by atoms with E-state index >= 15 is 0 Å². The number of ether oxygens (including phenoxy) is 2. The Morgan fingerprint density at radius 1 is 1.05 bits per heavy atom. The van der Waals surface area contributed by atoms with Gasteiger partial charge in [-0.05, 0) is 75.6 Å². The van der Waals surface area contributed by atoms with Crippen LogP contribution >= 0.6 is 0 Å². The van der Waals surface area contributed by atoms with Crippen molar-refractivity contribution in [3.8, 4) is 11.8 Å². The number of nitrogens with zero attached hydrogens (tertiary/aromatic N) is 1. The summed E-state index contributed by atoms with van der Waals surface area (Å²) in [6.07, 6.45) is 4.68. The fraction of sp³-hybridized carbons (Fsp3) is 0.355. The monoisotopic (exact) mass is 545 g/mol. The lowest BCUT2D eigenvalue weighted by Crippen LogP contribution is -2.51. The number of amides is 3. The molecule has 1 saturated carbocycles. The molecule has 1 aliphatic rings. The highest BCUT2D eigenvalue weighted by molar-refractivity contribution is 5.97. The van der Waals surface area contributed by atoms with Crippen molar-refractivity contribution in [2.45, 2.75) is 51.3 Å². The number of nitrogens with one attached hydrogen (secondary N) is 2. The highest BCUT2D eigenvalue weighted by Crippen LogP contribution is 2.28. The molecule has 9 heteroatoms. The third kappa shape index (κ3) is 9.95. The highest BCUT2D eigenvalue weighted by Gasteiger charge is 2.36. The summed E-state index contributed by atoms with van der Waals surface area (Å²) in [5.41, 5.74) is 1.39. The van der Waals surface area contributed by atoms with Crippen molar-refractivity contribution >= 4 is 30.0 Å². The SMILES string of the molecule is COC(=O)[C@H](CNC(=O)CN(C(=O)OC(C)(C)C)C1CC1)NC(=O)c1ccc(C#CC=Cc2ccccc2)cc1. The summed E-state index contributed by atoms with van der Waals surface area (Å²) in [7, 11) is 1.19. The Morgan fingerprint density at radius 3 is 2.33 bits per heavy atom. The Labute approximate surface area is 234 Å². The normalized spacial score (nSPS) is 13.4. The molecule has 0 unspecified atom stereocenters. The summed E-state index contributed by atoms with van der Waals surface area (Å²) < 4.78 is 10.2. The van der Waals surface area contributed by atoms with Crippen molar-refractivity contribution in [2.75, 3.05) is 20.2 Å². The Hall–Kier alpha value is -4.58. The zero-order valence-electron chi connectivity index (χ0n) is 23.2. The minimum Gasteiger partial charge on any atom is -0.467 e. The molecule has 0 saturated heterocycles. The molecule has 2 aromatic carbocycles. The van der Waals surface area contributed by atoms with Gasteiger partial charge >= 0.3 is 12.1 Å². The van der Waals surface area contributed by atoms with Crippen molar-refractivity contribution in [3.63, 3.8) is 0 Å². The summed E-state index contributed by atoms with van der Waals surface area (Å²) in [4.78, 5) is 51.6. The first kappa shape index (κ1) is 30.0. The average Bonchev–Trinajstić information content (AvgIpc) is 3.77.